The van der Waals surface area contributed by atoms with Crippen molar-refractivity contribution in [2.45, 2.75) is 37.1 Å². The van der Waals surface area contributed by atoms with Gasteiger partial charge in [-0.2, -0.15) is 0 Å². The fraction of sp³-hybridized carbons (Fsp3) is 0.571. The average Bonchev–Trinajstić information content (AvgIpc) is 2.81. The number of rotatable bonds is 1. The number of aromatic hydroxyl groups is 1. The Hall–Kier alpha value is -1.02. The Morgan fingerprint density at radius 3 is 3.06 bits per heavy atom. The van der Waals surface area contributed by atoms with Crippen LogP contribution in [0.2, 0.25) is 0 Å². The smallest absolute Gasteiger partial charge is 0.115 e. The van der Waals surface area contributed by atoms with Crippen molar-refractivity contribution < 1.29 is 5.11 Å². The number of hydrogen-bond acceptors (Lipinski definition) is 2. The number of phenols is 1. The Labute approximate surface area is 96.9 Å². The summed E-state index contributed by atoms with van der Waals surface area (Å²) in [5, 5.41) is 9.64. The molecule has 2 heteroatoms. The minimum atomic E-state index is 0.327. The maximum atomic E-state index is 9.64. The summed E-state index contributed by atoms with van der Waals surface area (Å²) in [6, 6.07) is 8.60. The monoisotopic (exact) mass is 217 g/mol. The first kappa shape index (κ1) is 10.2. The third-order valence-electron chi connectivity index (χ3n) is 4.60. The quantitative estimate of drug-likeness (QED) is 0.781. The summed E-state index contributed by atoms with van der Waals surface area (Å²) < 4.78 is 0. The number of likely N-dealkylation sites (N-methyl/N-ethyl adjacent to an activating group) is 1. The molecule has 0 unspecified atom stereocenters. The van der Waals surface area contributed by atoms with Crippen molar-refractivity contribution in [2.75, 3.05) is 13.6 Å². The first-order chi connectivity index (χ1) is 7.72. The number of nitrogens with zero attached hydrogens (tertiary/aromatic N) is 1. The molecule has 0 radical (unpaired) electrons. The highest BCUT2D eigenvalue weighted by molar-refractivity contribution is 5.36. The van der Waals surface area contributed by atoms with Crippen molar-refractivity contribution in [2.24, 2.45) is 0 Å². The van der Waals surface area contributed by atoms with E-state index in [1.807, 2.05) is 12.1 Å². The van der Waals surface area contributed by atoms with Crippen LogP contribution in [-0.2, 0) is 5.41 Å². The number of benzene rings is 1. The largest absolute Gasteiger partial charge is 0.508 e. The van der Waals surface area contributed by atoms with Gasteiger partial charge in [0.1, 0.15) is 5.75 Å². The van der Waals surface area contributed by atoms with Gasteiger partial charge in [-0.3, -0.25) is 0 Å². The van der Waals surface area contributed by atoms with Gasteiger partial charge in [-0.1, -0.05) is 18.6 Å². The third kappa shape index (κ3) is 1.29. The Balaban J connectivity index is 2.04. The average molecular weight is 217 g/mol. The van der Waals surface area contributed by atoms with Gasteiger partial charge in [-0.05, 0) is 50.6 Å². The molecule has 0 aromatic heterocycles. The Morgan fingerprint density at radius 2 is 2.25 bits per heavy atom. The molecule has 0 amide bonds. The maximum Gasteiger partial charge on any atom is 0.115 e. The highest BCUT2D eigenvalue weighted by Crippen LogP contribution is 2.50. The minimum absolute atomic E-state index is 0.327. The highest BCUT2D eigenvalue weighted by atomic mass is 16.3. The van der Waals surface area contributed by atoms with Crippen LogP contribution >= 0.6 is 0 Å². The molecule has 1 heterocycles. The van der Waals surface area contributed by atoms with E-state index >= 15 is 0 Å². The molecular weight excluding hydrogens is 198 g/mol. The number of phenolic OH excluding ortho intramolecular Hbond substituents is 1. The van der Waals surface area contributed by atoms with Gasteiger partial charge in [0.15, 0.2) is 0 Å². The Morgan fingerprint density at radius 1 is 1.38 bits per heavy atom. The SMILES string of the molecule is CN1CC[C@]2(c3cccc(O)c3)CCC[C@H]12. The van der Waals surface area contributed by atoms with Crippen LogP contribution in [0.3, 0.4) is 0 Å². The molecule has 2 atom stereocenters. The van der Waals surface area contributed by atoms with Gasteiger partial charge < -0.3 is 10.0 Å². The number of fused-ring (bicyclic) bond motifs is 1. The van der Waals surface area contributed by atoms with Gasteiger partial charge in [-0.25, -0.2) is 0 Å². The zero-order chi connectivity index (χ0) is 11.2. The van der Waals surface area contributed by atoms with E-state index < -0.39 is 0 Å². The number of likely N-dealkylation sites (tertiary alicyclic amines) is 1. The summed E-state index contributed by atoms with van der Waals surface area (Å²) in [6.07, 6.45) is 5.17. The molecular formula is C14H19NO. The second kappa shape index (κ2) is 3.49. The minimum Gasteiger partial charge on any atom is -0.508 e. The molecule has 0 bridgehead atoms. The van der Waals surface area contributed by atoms with Gasteiger partial charge in [0, 0.05) is 11.5 Å². The second-order valence-corrected chi connectivity index (χ2v) is 5.35. The molecule has 2 nitrogen and oxygen atoms in total. The summed E-state index contributed by atoms with van der Waals surface area (Å²) in [5.74, 6) is 0.409. The third-order valence-corrected chi connectivity index (χ3v) is 4.60. The molecule has 1 aromatic rings. The zero-order valence-electron chi connectivity index (χ0n) is 9.82. The van der Waals surface area contributed by atoms with Gasteiger partial charge in [0.2, 0.25) is 0 Å². The Bertz CT molecular complexity index is 403. The second-order valence-electron chi connectivity index (χ2n) is 5.35. The summed E-state index contributed by atoms with van der Waals surface area (Å²) >= 11 is 0. The van der Waals surface area contributed by atoms with Crippen LogP contribution in [0.25, 0.3) is 0 Å². The van der Waals surface area contributed by atoms with Crippen LogP contribution < -0.4 is 0 Å². The topological polar surface area (TPSA) is 23.5 Å². The van der Waals surface area contributed by atoms with Gasteiger partial charge in [0.25, 0.3) is 0 Å². The lowest BCUT2D eigenvalue weighted by molar-refractivity contribution is 0.272. The van der Waals surface area contributed by atoms with Crippen molar-refractivity contribution in [3.63, 3.8) is 0 Å². The van der Waals surface area contributed by atoms with E-state index in [4.69, 9.17) is 0 Å². The van der Waals surface area contributed by atoms with Crippen LogP contribution in [0.5, 0.6) is 5.75 Å². The molecule has 1 aliphatic carbocycles. The van der Waals surface area contributed by atoms with Gasteiger partial charge in [0.05, 0.1) is 0 Å². The normalized spacial score (nSPS) is 34.2. The van der Waals surface area contributed by atoms with Crippen LogP contribution in [0, 0.1) is 0 Å². The molecule has 3 rings (SSSR count). The lowest BCUT2D eigenvalue weighted by Crippen LogP contribution is -2.36. The molecule has 86 valence electrons. The van der Waals surface area contributed by atoms with E-state index in [9.17, 15) is 5.11 Å². The van der Waals surface area contributed by atoms with Crippen LogP contribution in [0.15, 0.2) is 24.3 Å². The van der Waals surface area contributed by atoms with E-state index in [2.05, 4.69) is 18.0 Å². The predicted molar refractivity (Wildman–Crippen MR) is 64.7 cm³/mol. The van der Waals surface area contributed by atoms with E-state index in [0.717, 1.165) is 0 Å². The molecule has 0 spiro atoms. The van der Waals surface area contributed by atoms with Crippen molar-refractivity contribution in [3.8, 4) is 5.75 Å². The Kier molecular flexibility index (Phi) is 2.21. The van der Waals surface area contributed by atoms with E-state index in [0.29, 0.717) is 17.2 Å². The predicted octanol–water partition coefficient (Wildman–Crippen LogP) is 2.52. The van der Waals surface area contributed by atoms with E-state index in [1.54, 1.807) is 6.07 Å². The van der Waals surface area contributed by atoms with Gasteiger partial charge >= 0.3 is 0 Å². The molecule has 2 fully saturated rings. The van der Waals surface area contributed by atoms with E-state index in [1.165, 1.54) is 37.8 Å². The van der Waals surface area contributed by atoms with Crippen molar-refractivity contribution in [1.82, 2.24) is 4.90 Å². The fourth-order valence-electron chi connectivity index (χ4n) is 3.82. The fourth-order valence-corrected chi connectivity index (χ4v) is 3.82. The first-order valence-corrected chi connectivity index (χ1v) is 6.22. The lowest BCUT2D eigenvalue weighted by Gasteiger charge is -2.31. The summed E-state index contributed by atoms with van der Waals surface area (Å²) in [5.41, 5.74) is 1.67. The molecule has 1 N–H and O–H groups in total. The summed E-state index contributed by atoms with van der Waals surface area (Å²) in [6.45, 7) is 1.19. The molecule has 1 saturated heterocycles. The van der Waals surface area contributed by atoms with Crippen molar-refractivity contribution >= 4 is 0 Å². The highest BCUT2D eigenvalue weighted by Gasteiger charge is 2.49. The maximum absolute atomic E-state index is 9.64. The lowest BCUT2D eigenvalue weighted by atomic mass is 9.76. The van der Waals surface area contributed by atoms with Crippen molar-refractivity contribution in [3.05, 3.63) is 29.8 Å². The van der Waals surface area contributed by atoms with Crippen molar-refractivity contribution in [1.29, 1.82) is 0 Å². The first-order valence-electron chi connectivity index (χ1n) is 6.22. The van der Waals surface area contributed by atoms with Crippen LogP contribution in [0.4, 0.5) is 0 Å². The molecule has 1 aromatic carbocycles. The van der Waals surface area contributed by atoms with Crippen LogP contribution in [0.1, 0.15) is 31.2 Å². The van der Waals surface area contributed by atoms with E-state index in [-0.39, 0.29) is 0 Å². The molecule has 1 saturated carbocycles. The zero-order valence-corrected chi connectivity index (χ0v) is 9.82. The summed E-state index contributed by atoms with van der Waals surface area (Å²) in [4.78, 5) is 2.50. The standard InChI is InChI=1S/C14H19NO/c1-15-9-8-14(7-3-6-13(14)15)11-4-2-5-12(16)10-11/h2,4-5,10,13,16H,3,6-9H2,1H3/t13-,14-/m0/s1. The molecule has 16 heavy (non-hydrogen) atoms. The summed E-state index contributed by atoms with van der Waals surface area (Å²) in [7, 11) is 2.24. The molecule has 2 aliphatic rings. The number of hydrogen-bond donors (Lipinski definition) is 1. The van der Waals surface area contributed by atoms with Gasteiger partial charge in [-0.15, -0.1) is 0 Å². The van der Waals surface area contributed by atoms with Crippen LogP contribution in [-0.4, -0.2) is 29.6 Å². The molecule has 1 aliphatic heterocycles.